The van der Waals surface area contributed by atoms with Gasteiger partial charge in [0.25, 0.3) is 0 Å². The van der Waals surface area contributed by atoms with Gasteiger partial charge in [0.05, 0.1) is 0 Å². The van der Waals surface area contributed by atoms with Crippen LogP contribution in [0.2, 0.25) is 0 Å². The Morgan fingerprint density at radius 1 is 1.62 bits per heavy atom. The second-order valence-electron chi connectivity index (χ2n) is 4.03. The van der Waals surface area contributed by atoms with Gasteiger partial charge in [-0.15, -0.1) is 0 Å². The molecule has 13 heavy (non-hydrogen) atoms. The number of hydrogen-bond acceptors (Lipinski definition) is 3. The molecule has 0 fully saturated rings. The van der Waals surface area contributed by atoms with Crippen LogP contribution in [0.1, 0.15) is 20.3 Å². The smallest absolute Gasteiger partial charge is 0.202 e. The lowest BCUT2D eigenvalue weighted by Gasteiger charge is -2.18. The van der Waals surface area contributed by atoms with Crippen molar-refractivity contribution >= 4 is 5.95 Å². The van der Waals surface area contributed by atoms with E-state index in [2.05, 4.69) is 10.3 Å². The van der Waals surface area contributed by atoms with Crippen LogP contribution in [0.15, 0.2) is 12.4 Å². The quantitative estimate of drug-likeness (QED) is 0.729. The highest BCUT2D eigenvalue weighted by Gasteiger charge is 2.09. The topological polar surface area (TPSA) is 55.9 Å². The summed E-state index contributed by atoms with van der Waals surface area (Å²) < 4.78 is 1.95. The van der Waals surface area contributed by atoms with Gasteiger partial charge in [0, 0.05) is 31.5 Å². The minimum absolute atomic E-state index is 0.113. The summed E-state index contributed by atoms with van der Waals surface area (Å²) in [6.07, 6.45) is 4.62. The number of aryl methyl sites for hydroxylation is 1. The van der Waals surface area contributed by atoms with Crippen LogP contribution in [0.3, 0.4) is 0 Å². The Balaban J connectivity index is 2.32. The molecule has 0 spiro atoms. The van der Waals surface area contributed by atoms with Gasteiger partial charge in [-0.25, -0.2) is 4.98 Å². The fraction of sp³-hybridized carbons (Fsp3) is 0.667. The van der Waals surface area contributed by atoms with Crippen LogP contribution in [-0.2, 0) is 7.05 Å². The van der Waals surface area contributed by atoms with Crippen molar-refractivity contribution in [3.05, 3.63) is 12.4 Å². The van der Waals surface area contributed by atoms with Gasteiger partial charge in [-0.2, -0.15) is 0 Å². The van der Waals surface area contributed by atoms with E-state index in [4.69, 9.17) is 5.73 Å². The molecule has 0 aromatic carbocycles. The number of imidazole rings is 1. The summed E-state index contributed by atoms with van der Waals surface area (Å²) in [6, 6.07) is 0. The number of nitrogens with zero attached hydrogens (tertiary/aromatic N) is 2. The molecular formula is C9H18N4. The van der Waals surface area contributed by atoms with E-state index in [1.165, 1.54) is 0 Å². The number of hydrogen-bond donors (Lipinski definition) is 2. The molecule has 0 amide bonds. The average molecular weight is 182 g/mol. The summed E-state index contributed by atoms with van der Waals surface area (Å²) in [7, 11) is 1.96. The lowest BCUT2D eigenvalue weighted by atomic mass is 10.0. The summed E-state index contributed by atoms with van der Waals surface area (Å²) in [5.74, 6) is 0.893. The van der Waals surface area contributed by atoms with Crippen LogP contribution in [0, 0.1) is 0 Å². The number of nitrogens with two attached hydrogens (primary N) is 1. The summed E-state index contributed by atoms with van der Waals surface area (Å²) in [5.41, 5.74) is 5.73. The van der Waals surface area contributed by atoms with Gasteiger partial charge < -0.3 is 15.6 Å². The number of aromatic nitrogens is 2. The lowest BCUT2D eigenvalue weighted by Crippen LogP contribution is -2.34. The summed E-state index contributed by atoms with van der Waals surface area (Å²) in [5, 5.41) is 3.22. The maximum Gasteiger partial charge on any atom is 0.202 e. The molecule has 0 radical (unpaired) electrons. The summed E-state index contributed by atoms with van der Waals surface area (Å²) in [6.45, 7) is 4.90. The van der Waals surface area contributed by atoms with E-state index in [0.29, 0.717) is 0 Å². The molecule has 0 atom stereocenters. The van der Waals surface area contributed by atoms with E-state index in [-0.39, 0.29) is 5.54 Å². The molecule has 74 valence electrons. The van der Waals surface area contributed by atoms with Crippen LogP contribution in [0.4, 0.5) is 5.95 Å². The normalized spacial score (nSPS) is 11.7. The van der Waals surface area contributed by atoms with Gasteiger partial charge in [0.15, 0.2) is 0 Å². The molecule has 0 unspecified atom stereocenters. The van der Waals surface area contributed by atoms with Crippen molar-refractivity contribution in [1.29, 1.82) is 0 Å². The molecule has 4 heteroatoms. The highest BCUT2D eigenvalue weighted by Crippen LogP contribution is 2.05. The highest BCUT2D eigenvalue weighted by molar-refractivity contribution is 5.24. The average Bonchev–Trinajstić information content (AvgIpc) is 2.34. The highest BCUT2D eigenvalue weighted by atomic mass is 15.2. The van der Waals surface area contributed by atoms with Crippen LogP contribution in [0.5, 0.6) is 0 Å². The van der Waals surface area contributed by atoms with E-state index >= 15 is 0 Å². The van der Waals surface area contributed by atoms with Gasteiger partial charge in [-0.05, 0) is 20.3 Å². The molecule has 0 aliphatic heterocycles. The monoisotopic (exact) mass is 182 g/mol. The maximum absolute atomic E-state index is 5.85. The molecule has 1 aromatic heterocycles. The van der Waals surface area contributed by atoms with Crippen molar-refractivity contribution in [2.75, 3.05) is 11.9 Å². The fourth-order valence-electron chi connectivity index (χ4n) is 1.03. The first kappa shape index (κ1) is 10.1. The molecule has 1 aromatic rings. The molecule has 0 bridgehead atoms. The molecule has 0 saturated carbocycles. The summed E-state index contributed by atoms with van der Waals surface area (Å²) >= 11 is 0. The zero-order valence-electron chi connectivity index (χ0n) is 8.54. The zero-order valence-corrected chi connectivity index (χ0v) is 8.54. The van der Waals surface area contributed by atoms with Crippen LogP contribution in [0.25, 0.3) is 0 Å². The van der Waals surface area contributed by atoms with Crippen molar-refractivity contribution in [3.8, 4) is 0 Å². The van der Waals surface area contributed by atoms with E-state index in [0.717, 1.165) is 18.9 Å². The number of nitrogens with one attached hydrogen (secondary N) is 1. The van der Waals surface area contributed by atoms with Crippen LogP contribution in [-0.4, -0.2) is 21.6 Å². The SMILES string of the molecule is Cn1ccnc1NCCC(C)(C)N. The second-order valence-corrected chi connectivity index (χ2v) is 4.03. The molecule has 3 N–H and O–H groups in total. The molecule has 1 heterocycles. The van der Waals surface area contributed by atoms with E-state index < -0.39 is 0 Å². The van der Waals surface area contributed by atoms with Gasteiger partial charge in [0.2, 0.25) is 5.95 Å². The maximum atomic E-state index is 5.85. The molecular weight excluding hydrogens is 164 g/mol. The third-order valence-electron chi connectivity index (χ3n) is 1.87. The zero-order chi connectivity index (χ0) is 9.90. The molecule has 0 saturated heterocycles. The Hall–Kier alpha value is -1.03. The standard InChI is InChI=1S/C9H18N4/c1-9(2,10)4-5-11-8-12-6-7-13(8)3/h6-7H,4-5,10H2,1-3H3,(H,11,12). The summed E-state index contributed by atoms with van der Waals surface area (Å²) in [4.78, 5) is 4.15. The van der Waals surface area contributed by atoms with Crippen LogP contribution < -0.4 is 11.1 Å². The lowest BCUT2D eigenvalue weighted by molar-refractivity contribution is 0.490. The largest absolute Gasteiger partial charge is 0.356 e. The van der Waals surface area contributed by atoms with Crippen molar-refractivity contribution in [2.24, 2.45) is 12.8 Å². The van der Waals surface area contributed by atoms with Crippen molar-refractivity contribution in [2.45, 2.75) is 25.8 Å². The Labute approximate surface area is 79.1 Å². The first-order chi connectivity index (χ1) is 5.99. The number of rotatable bonds is 4. The Morgan fingerprint density at radius 2 is 2.31 bits per heavy atom. The van der Waals surface area contributed by atoms with Gasteiger partial charge >= 0.3 is 0 Å². The first-order valence-electron chi connectivity index (χ1n) is 4.49. The van der Waals surface area contributed by atoms with Crippen LogP contribution >= 0.6 is 0 Å². The first-order valence-corrected chi connectivity index (χ1v) is 4.49. The third kappa shape index (κ3) is 3.46. The predicted octanol–water partition coefficient (Wildman–Crippen LogP) is 0.959. The van der Waals surface area contributed by atoms with Crippen molar-refractivity contribution < 1.29 is 0 Å². The molecule has 1 rings (SSSR count). The number of anilines is 1. The third-order valence-corrected chi connectivity index (χ3v) is 1.87. The predicted molar refractivity (Wildman–Crippen MR) is 54.6 cm³/mol. The van der Waals surface area contributed by atoms with Gasteiger partial charge in [-0.1, -0.05) is 0 Å². The fourth-order valence-corrected chi connectivity index (χ4v) is 1.03. The Morgan fingerprint density at radius 3 is 2.77 bits per heavy atom. The second kappa shape index (κ2) is 3.79. The van der Waals surface area contributed by atoms with E-state index in [1.807, 2.05) is 31.7 Å². The molecule has 4 nitrogen and oxygen atoms in total. The van der Waals surface area contributed by atoms with E-state index in [1.54, 1.807) is 6.20 Å². The minimum Gasteiger partial charge on any atom is -0.356 e. The minimum atomic E-state index is -0.113. The van der Waals surface area contributed by atoms with Gasteiger partial charge in [0.1, 0.15) is 0 Å². The molecule has 0 aliphatic carbocycles. The van der Waals surface area contributed by atoms with Crippen molar-refractivity contribution in [1.82, 2.24) is 9.55 Å². The Kier molecular flexibility index (Phi) is 2.93. The van der Waals surface area contributed by atoms with Crippen molar-refractivity contribution in [3.63, 3.8) is 0 Å². The van der Waals surface area contributed by atoms with E-state index in [9.17, 15) is 0 Å². The molecule has 0 aliphatic rings. The Bertz CT molecular complexity index is 259. The van der Waals surface area contributed by atoms with Gasteiger partial charge in [-0.3, -0.25) is 0 Å².